The van der Waals surface area contributed by atoms with Crippen molar-refractivity contribution in [2.24, 2.45) is 0 Å². The van der Waals surface area contributed by atoms with Gasteiger partial charge in [-0.05, 0) is 70.0 Å². The summed E-state index contributed by atoms with van der Waals surface area (Å²) in [6, 6.07) is 9.91. The molecular weight excluding hydrogens is 436 g/mol. The van der Waals surface area contributed by atoms with Crippen molar-refractivity contribution in [3.63, 3.8) is 0 Å². The van der Waals surface area contributed by atoms with Crippen molar-refractivity contribution in [3.8, 4) is 17.1 Å². The van der Waals surface area contributed by atoms with E-state index in [1.54, 1.807) is 19.4 Å². The summed E-state index contributed by atoms with van der Waals surface area (Å²) in [6.45, 7) is 9.84. The monoisotopic (exact) mass is 466 g/mol. The zero-order chi connectivity index (χ0) is 24.2. The lowest BCUT2D eigenvalue weighted by Gasteiger charge is -2.23. The molecule has 0 atom stereocenters. The van der Waals surface area contributed by atoms with Crippen molar-refractivity contribution in [3.05, 3.63) is 53.9 Å². The predicted molar refractivity (Wildman–Crippen MR) is 130 cm³/mol. The van der Waals surface area contributed by atoms with E-state index in [-0.39, 0.29) is 29.7 Å². The van der Waals surface area contributed by atoms with Gasteiger partial charge in [0, 0.05) is 30.5 Å². The van der Waals surface area contributed by atoms with Crippen LogP contribution < -0.4 is 5.32 Å². The molecule has 8 nitrogen and oxygen atoms in total. The fourth-order valence-electron chi connectivity index (χ4n) is 3.15. The number of thioether (sulfide) groups is 1. The summed E-state index contributed by atoms with van der Waals surface area (Å²) in [5.74, 6) is 0.456. The minimum Gasteiger partial charge on any atom is -0.350 e. The van der Waals surface area contributed by atoms with E-state index in [1.165, 1.54) is 22.2 Å². The molecule has 2 heterocycles. The molecule has 0 bridgehead atoms. The topological polar surface area (TPSA) is 93.0 Å². The number of rotatable bonds is 7. The van der Waals surface area contributed by atoms with Crippen molar-refractivity contribution < 1.29 is 9.59 Å². The minimum atomic E-state index is -0.346. The molecule has 0 spiro atoms. The quantitative estimate of drug-likeness (QED) is 0.537. The van der Waals surface area contributed by atoms with E-state index in [4.69, 9.17) is 0 Å². The van der Waals surface area contributed by atoms with Gasteiger partial charge in [0.2, 0.25) is 11.8 Å². The number of hydrogen-bond donors (Lipinski definition) is 1. The molecule has 0 radical (unpaired) electrons. The molecule has 0 fully saturated rings. The lowest BCUT2D eigenvalue weighted by molar-refractivity contribution is -0.133. The number of aromatic nitrogens is 4. The van der Waals surface area contributed by atoms with E-state index in [0.717, 1.165) is 16.8 Å². The summed E-state index contributed by atoms with van der Waals surface area (Å²) in [5.41, 5.74) is 3.80. The van der Waals surface area contributed by atoms with Gasteiger partial charge in [-0.25, -0.2) is 0 Å². The number of hydrogen-bond acceptors (Lipinski definition) is 6. The number of amides is 2. The Morgan fingerprint density at radius 2 is 1.76 bits per heavy atom. The summed E-state index contributed by atoms with van der Waals surface area (Å²) in [6.07, 6.45) is 3.42. The third-order valence-electron chi connectivity index (χ3n) is 4.97. The van der Waals surface area contributed by atoms with Crippen LogP contribution in [0.3, 0.4) is 0 Å². The number of aryl methyl sites for hydroxylation is 2. The maximum Gasteiger partial charge on any atom is 0.240 e. The zero-order valence-electron chi connectivity index (χ0n) is 19.9. The van der Waals surface area contributed by atoms with E-state index in [1.807, 2.05) is 43.5 Å². The van der Waals surface area contributed by atoms with Crippen molar-refractivity contribution in [1.82, 2.24) is 30.0 Å². The normalized spacial score (nSPS) is 11.3. The van der Waals surface area contributed by atoms with Gasteiger partial charge in [-0.3, -0.25) is 19.1 Å². The smallest absolute Gasteiger partial charge is 0.240 e. The van der Waals surface area contributed by atoms with Crippen LogP contribution in [-0.2, 0) is 9.59 Å². The first kappa shape index (κ1) is 24.4. The van der Waals surface area contributed by atoms with Gasteiger partial charge in [0.25, 0.3) is 0 Å². The van der Waals surface area contributed by atoms with Crippen LogP contribution in [0, 0.1) is 13.8 Å². The lowest BCUT2D eigenvalue weighted by atomic mass is 10.1. The fourth-order valence-corrected chi connectivity index (χ4v) is 4.04. The number of carbonyl (C=O) groups is 2. The van der Waals surface area contributed by atoms with Crippen LogP contribution in [0.4, 0.5) is 0 Å². The zero-order valence-corrected chi connectivity index (χ0v) is 20.7. The maximum absolute atomic E-state index is 12.7. The second kappa shape index (κ2) is 10.2. The number of carbonyl (C=O) groups excluding carboxylic acids is 2. The van der Waals surface area contributed by atoms with Crippen molar-refractivity contribution in [2.45, 2.75) is 45.3 Å². The number of likely N-dealkylation sites (N-methyl/N-ethyl adjacent to an activating group) is 1. The second-order valence-electron chi connectivity index (χ2n) is 8.98. The highest BCUT2D eigenvalue weighted by Gasteiger charge is 2.21. The SMILES string of the molecule is Cc1ccc(-n2c(SCC(=O)N(C)CC(=O)NC(C)(C)C)nnc2-c2ccncc2)cc1C. The van der Waals surface area contributed by atoms with Crippen LogP contribution in [0.1, 0.15) is 31.9 Å². The second-order valence-corrected chi connectivity index (χ2v) is 9.93. The summed E-state index contributed by atoms with van der Waals surface area (Å²) in [5, 5.41) is 12.2. The molecule has 0 saturated heterocycles. The highest BCUT2D eigenvalue weighted by Crippen LogP contribution is 2.28. The molecule has 0 saturated carbocycles. The van der Waals surface area contributed by atoms with Crippen molar-refractivity contribution in [1.29, 1.82) is 0 Å². The predicted octanol–water partition coefficient (Wildman–Crippen LogP) is 3.41. The van der Waals surface area contributed by atoms with Crippen molar-refractivity contribution >= 4 is 23.6 Å². The van der Waals surface area contributed by atoms with Gasteiger partial charge in [-0.2, -0.15) is 0 Å². The Morgan fingerprint density at radius 1 is 1.06 bits per heavy atom. The van der Waals surface area contributed by atoms with E-state index >= 15 is 0 Å². The maximum atomic E-state index is 12.7. The summed E-state index contributed by atoms with van der Waals surface area (Å²) in [4.78, 5) is 30.4. The number of nitrogens with zero attached hydrogens (tertiary/aromatic N) is 5. The standard InChI is InChI=1S/C24H30N6O2S/c1-16-7-8-19(13-17(16)2)30-22(18-9-11-25-12-10-18)27-28-23(30)33-15-21(32)29(6)14-20(31)26-24(3,4)5/h7-13H,14-15H2,1-6H3,(H,26,31). The van der Waals surface area contributed by atoms with Crippen LogP contribution >= 0.6 is 11.8 Å². The van der Waals surface area contributed by atoms with Crippen molar-refractivity contribution in [2.75, 3.05) is 19.3 Å². The first-order valence-corrected chi connectivity index (χ1v) is 11.6. The summed E-state index contributed by atoms with van der Waals surface area (Å²) < 4.78 is 1.95. The average Bonchev–Trinajstić information content (AvgIpc) is 3.17. The Bertz CT molecular complexity index is 1140. The molecule has 0 aliphatic heterocycles. The lowest BCUT2D eigenvalue weighted by Crippen LogP contribution is -2.46. The van der Waals surface area contributed by atoms with Crippen LogP contribution in [0.25, 0.3) is 17.1 Å². The van der Waals surface area contributed by atoms with Gasteiger partial charge in [0.15, 0.2) is 11.0 Å². The van der Waals surface area contributed by atoms with E-state index in [0.29, 0.717) is 11.0 Å². The molecule has 1 N–H and O–H groups in total. The molecule has 2 aromatic heterocycles. The summed E-state index contributed by atoms with van der Waals surface area (Å²) in [7, 11) is 1.63. The molecule has 3 aromatic rings. The number of pyridine rings is 1. The molecule has 2 amide bonds. The largest absolute Gasteiger partial charge is 0.350 e. The molecule has 33 heavy (non-hydrogen) atoms. The Hall–Kier alpha value is -3.20. The fraction of sp³-hybridized carbons (Fsp3) is 0.375. The van der Waals surface area contributed by atoms with Crippen LogP contribution in [-0.4, -0.2) is 61.3 Å². The molecule has 3 rings (SSSR count). The average molecular weight is 467 g/mol. The first-order valence-electron chi connectivity index (χ1n) is 10.7. The Morgan fingerprint density at radius 3 is 2.39 bits per heavy atom. The van der Waals surface area contributed by atoms with Gasteiger partial charge < -0.3 is 10.2 Å². The highest BCUT2D eigenvalue weighted by molar-refractivity contribution is 7.99. The van der Waals surface area contributed by atoms with E-state index in [2.05, 4.69) is 46.5 Å². The summed E-state index contributed by atoms with van der Waals surface area (Å²) >= 11 is 1.29. The molecule has 9 heteroatoms. The number of benzene rings is 1. The third-order valence-corrected chi connectivity index (χ3v) is 5.88. The number of nitrogens with one attached hydrogen (secondary N) is 1. The van der Waals surface area contributed by atoms with Gasteiger partial charge in [0.1, 0.15) is 0 Å². The van der Waals surface area contributed by atoms with Crippen LogP contribution in [0.2, 0.25) is 0 Å². The van der Waals surface area contributed by atoms with Gasteiger partial charge >= 0.3 is 0 Å². The van der Waals surface area contributed by atoms with Gasteiger partial charge in [-0.1, -0.05) is 17.8 Å². The molecule has 0 aliphatic carbocycles. The van der Waals surface area contributed by atoms with Crippen LogP contribution in [0.15, 0.2) is 47.9 Å². The molecule has 0 unspecified atom stereocenters. The van der Waals surface area contributed by atoms with Gasteiger partial charge in [-0.15, -0.1) is 10.2 Å². The van der Waals surface area contributed by atoms with E-state index in [9.17, 15) is 9.59 Å². The molecule has 1 aromatic carbocycles. The third kappa shape index (κ3) is 6.41. The molecule has 174 valence electrons. The Kier molecular flexibility index (Phi) is 7.53. The minimum absolute atomic E-state index is 0.00275. The molecular formula is C24H30N6O2S. The highest BCUT2D eigenvalue weighted by atomic mass is 32.2. The Labute approximate surface area is 198 Å². The van der Waals surface area contributed by atoms with Crippen LogP contribution in [0.5, 0.6) is 0 Å². The molecule has 0 aliphatic rings. The van der Waals surface area contributed by atoms with Gasteiger partial charge in [0.05, 0.1) is 18.0 Å². The Balaban J connectivity index is 1.82. The van der Waals surface area contributed by atoms with E-state index < -0.39 is 0 Å². The first-order chi connectivity index (χ1) is 15.5.